The second-order valence-corrected chi connectivity index (χ2v) is 6.71. The largest absolute Gasteiger partial charge is 0.483 e. The Balaban J connectivity index is 0.000000878. The molecule has 1 amide bonds. The molecular formula is C18H28N6O4. The van der Waals surface area contributed by atoms with Gasteiger partial charge in [-0.15, -0.1) is 10.2 Å². The molecule has 3 heterocycles. The Labute approximate surface area is 163 Å². The third-order valence-electron chi connectivity index (χ3n) is 4.89. The van der Waals surface area contributed by atoms with Gasteiger partial charge in [0, 0.05) is 19.6 Å². The second kappa shape index (κ2) is 11.2. The van der Waals surface area contributed by atoms with Crippen molar-refractivity contribution in [1.29, 1.82) is 0 Å². The number of hydrogen-bond donors (Lipinski definition) is 2. The number of piperidine rings is 1. The van der Waals surface area contributed by atoms with Gasteiger partial charge in [0.25, 0.3) is 12.4 Å². The van der Waals surface area contributed by atoms with Crippen molar-refractivity contribution >= 4 is 12.4 Å². The molecule has 2 N–H and O–H groups in total. The fourth-order valence-corrected chi connectivity index (χ4v) is 3.28. The van der Waals surface area contributed by atoms with Crippen LogP contribution in [0.3, 0.4) is 0 Å². The van der Waals surface area contributed by atoms with E-state index in [-0.39, 0.29) is 12.4 Å². The van der Waals surface area contributed by atoms with Crippen LogP contribution in [0.4, 0.5) is 0 Å². The van der Waals surface area contributed by atoms with E-state index in [1.54, 1.807) is 19.6 Å². The lowest BCUT2D eigenvalue weighted by Gasteiger charge is -2.32. The van der Waals surface area contributed by atoms with Gasteiger partial charge in [-0.25, -0.2) is 0 Å². The van der Waals surface area contributed by atoms with E-state index >= 15 is 0 Å². The third-order valence-corrected chi connectivity index (χ3v) is 4.89. The molecule has 2 aromatic heterocycles. The number of nitrogens with zero attached hydrogens (tertiary/aromatic N) is 5. The molecule has 0 unspecified atom stereocenters. The molecule has 2 aromatic rings. The number of carbonyl (C=O) groups is 2. The summed E-state index contributed by atoms with van der Waals surface area (Å²) in [6, 6.07) is 0. The Morgan fingerprint density at radius 3 is 2.57 bits per heavy atom. The van der Waals surface area contributed by atoms with Gasteiger partial charge in [0.15, 0.2) is 0 Å². The summed E-state index contributed by atoms with van der Waals surface area (Å²) in [7, 11) is 0. The summed E-state index contributed by atoms with van der Waals surface area (Å²) in [5.74, 6) is 1.06. The van der Waals surface area contributed by atoms with E-state index in [1.807, 2.05) is 11.5 Å². The summed E-state index contributed by atoms with van der Waals surface area (Å²) < 4.78 is 7.14. The van der Waals surface area contributed by atoms with Crippen LogP contribution in [-0.2, 0) is 17.8 Å². The Morgan fingerprint density at radius 2 is 1.96 bits per heavy atom. The number of hydrogen-bond acceptors (Lipinski definition) is 7. The molecule has 1 aliphatic rings. The molecule has 1 fully saturated rings. The third kappa shape index (κ3) is 6.15. The molecule has 0 radical (unpaired) electrons. The van der Waals surface area contributed by atoms with E-state index in [0.29, 0.717) is 30.2 Å². The normalized spacial score (nSPS) is 14.9. The summed E-state index contributed by atoms with van der Waals surface area (Å²) in [6.07, 6.45) is 6.40. The first kappa shape index (κ1) is 21.5. The molecular weight excluding hydrogens is 364 g/mol. The first-order valence-corrected chi connectivity index (χ1v) is 9.44. The predicted molar refractivity (Wildman–Crippen MR) is 101 cm³/mol. The van der Waals surface area contributed by atoms with E-state index in [0.717, 1.165) is 44.7 Å². The van der Waals surface area contributed by atoms with Crippen LogP contribution in [0.1, 0.15) is 41.6 Å². The molecule has 1 saturated heterocycles. The van der Waals surface area contributed by atoms with Crippen molar-refractivity contribution < 1.29 is 19.2 Å². The number of carbonyl (C=O) groups excluding carboxylic acids is 1. The van der Waals surface area contributed by atoms with Crippen molar-refractivity contribution in [2.24, 2.45) is 5.92 Å². The van der Waals surface area contributed by atoms with Gasteiger partial charge in [0.05, 0.1) is 5.69 Å². The molecule has 28 heavy (non-hydrogen) atoms. The highest BCUT2D eigenvalue weighted by atomic mass is 16.5. The highest BCUT2D eigenvalue weighted by Gasteiger charge is 2.22. The number of rotatable bonds is 7. The number of likely N-dealkylation sites (tertiary alicyclic amines) is 1. The Hall–Kier alpha value is -2.75. The lowest BCUT2D eigenvalue weighted by molar-refractivity contribution is -0.122. The summed E-state index contributed by atoms with van der Waals surface area (Å²) in [6.45, 7) is 8.28. The Kier molecular flexibility index (Phi) is 8.60. The SMILES string of the molecule is CCc1noc(C)c1C(=O)NCC1CCN(CCn2cnnc2)CC1.O=CO. The lowest BCUT2D eigenvalue weighted by Crippen LogP contribution is -2.40. The van der Waals surface area contributed by atoms with E-state index in [1.165, 1.54) is 0 Å². The van der Waals surface area contributed by atoms with Gasteiger partial charge in [-0.3, -0.25) is 9.59 Å². The molecule has 0 aromatic carbocycles. The molecule has 154 valence electrons. The topological polar surface area (TPSA) is 126 Å². The van der Waals surface area contributed by atoms with Crippen molar-refractivity contribution in [3.05, 3.63) is 29.7 Å². The zero-order valence-corrected chi connectivity index (χ0v) is 16.4. The summed E-state index contributed by atoms with van der Waals surface area (Å²) in [4.78, 5) is 23.2. The van der Waals surface area contributed by atoms with Gasteiger partial charge >= 0.3 is 0 Å². The van der Waals surface area contributed by atoms with Gasteiger partial charge in [0.2, 0.25) is 0 Å². The zero-order valence-electron chi connectivity index (χ0n) is 16.4. The van der Waals surface area contributed by atoms with Gasteiger partial charge in [-0.2, -0.15) is 0 Å². The fraction of sp³-hybridized carbons (Fsp3) is 0.611. The summed E-state index contributed by atoms with van der Waals surface area (Å²) in [5, 5.41) is 21.5. The maximum absolute atomic E-state index is 12.4. The quantitative estimate of drug-likeness (QED) is 0.668. The van der Waals surface area contributed by atoms with Crippen molar-refractivity contribution in [3.63, 3.8) is 0 Å². The van der Waals surface area contributed by atoms with Crippen molar-refractivity contribution in [2.75, 3.05) is 26.2 Å². The number of amides is 1. The van der Waals surface area contributed by atoms with Crippen LogP contribution in [0.25, 0.3) is 0 Å². The Bertz CT molecular complexity index is 723. The van der Waals surface area contributed by atoms with Crippen LogP contribution in [0.15, 0.2) is 17.2 Å². The minimum atomic E-state index is -0.250. The van der Waals surface area contributed by atoms with Gasteiger partial charge in [-0.1, -0.05) is 12.1 Å². The lowest BCUT2D eigenvalue weighted by atomic mass is 9.96. The van der Waals surface area contributed by atoms with Gasteiger partial charge < -0.3 is 24.4 Å². The van der Waals surface area contributed by atoms with Crippen LogP contribution in [0, 0.1) is 12.8 Å². The van der Waals surface area contributed by atoms with E-state index in [9.17, 15) is 4.79 Å². The van der Waals surface area contributed by atoms with Crippen LogP contribution in [0.5, 0.6) is 0 Å². The smallest absolute Gasteiger partial charge is 0.290 e. The number of carboxylic acid groups (broad SMARTS) is 1. The number of aryl methyl sites for hydroxylation is 2. The number of aromatic nitrogens is 4. The first-order chi connectivity index (χ1) is 13.6. The van der Waals surface area contributed by atoms with E-state index in [4.69, 9.17) is 14.4 Å². The van der Waals surface area contributed by atoms with E-state index < -0.39 is 0 Å². The standard InChI is InChI=1S/C17H26N6O2.CH2O2/c1-3-15-16(13(2)25-21-15)17(24)18-10-14-4-6-22(7-5-14)8-9-23-11-19-20-12-23;2-1-3/h11-12,14H,3-10H2,1-2H3,(H,18,24);1H,(H,2,3). The van der Waals surface area contributed by atoms with Gasteiger partial charge in [0.1, 0.15) is 24.0 Å². The van der Waals surface area contributed by atoms with Crippen molar-refractivity contribution in [3.8, 4) is 0 Å². The fourth-order valence-electron chi connectivity index (χ4n) is 3.28. The molecule has 0 bridgehead atoms. The Morgan fingerprint density at radius 1 is 1.32 bits per heavy atom. The molecule has 3 rings (SSSR count). The second-order valence-electron chi connectivity index (χ2n) is 6.71. The molecule has 0 aliphatic carbocycles. The minimum absolute atomic E-state index is 0.0642. The predicted octanol–water partition coefficient (Wildman–Crippen LogP) is 0.980. The maximum atomic E-state index is 12.4. The summed E-state index contributed by atoms with van der Waals surface area (Å²) in [5.41, 5.74) is 1.34. The highest BCUT2D eigenvalue weighted by molar-refractivity contribution is 5.96. The van der Waals surface area contributed by atoms with E-state index in [2.05, 4.69) is 25.6 Å². The molecule has 10 nitrogen and oxygen atoms in total. The average Bonchev–Trinajstić information content (AvgIpc) is 3.35. The summed E-state index contributed by atoms with van der Waals surface area (Å²) >= 11 is 0. The molecule has 0 spiro atoms. The van der Waals surface area contributed by atoms with Crippen LogP contribution in [-0.4, -0.2) is 68.5 Å². The van der Waals surface area contributed by atoms with Crippen LogP contribution in [0.2, 0.25) is 0 Å². The minimum Gasteiger partial charge on any atom is -0.483 e. The van der Waals surface area contributed by atoms with Crippen molar-refractivity contribution in [1.82, 2.24) is 30.1 Å². The highest BCUT2D eigenvalue weighted by Crippen LogP contribution is 2.18. The van der Waals surface area contributed by atoms with Gasteiger partial charge in [-0.05, 0) is 45.2 Å². The first-order valence-electron chi connectivity index (χ1n) is 9.44. The zero-order chi connectivity index (χ0) is 20.4. The van der Waals surface area contributed by atoms with Crippen LogP contribution >= 0.6 is 0 Å². The monoisotopic (exact) mass is 392 g/mol. The molecule has 10 heteroatoms. The average molecular weight is 392 g/mol. The molecule has 0 saturated carbocycles. The molecule has 0 atom stereocenters. The van der Waals surface area contributed by atoms with Crippen LogP contribution < -0.4 is 5.32 Å². The number of nitrogens with one attached hydrogen (secondary N) is 1. The molecule has 1 aliphatic heterocycles. The van der Waals surface area contributed by atoms with Crippen molar-refractivity contribution in [2.45, 2.75) is 39.7 Å². The maximum Gasteiger partial charge on any atom is 0.290 e.